The Labute approximate surface area is 63.5 Å². The first kappa shape index (κ1) is 8.39. The summed E-state index contributed by atoms with van der Waals surface area (Å²) in [6.07, 6.45) is 0.395. The van der Waals surface area contributed by atoms with Crippen LogP contribution in [0.5, 0.6) is 0 Å². The van der Waals surface area contributed by atoms with Crippen LogP contribution in [0.1, 0.15) is 6.42 Å². The first-order valence-electron chi connectivity index (χ1n) is 3.48. The number of rotatable bonds is 2. The minimum absolute atomic E-state index is 0.257. The van der Waals surface area contributed by atoms with E-state index in [1.165, 1.54) is 0 Å². The molecule has 1 rings (SSSR count). The molecule has 0 radical (unpaired) electrons. The Bertz CT molecular complexity index is 163. The number of alkyl halides is 2. The molecule has 4 N–H and O–H groups in total. The van der Waals surface area contributed by atoms with E-state index in [1.54, 1.807) is 0 Å². The molecule has 0 spiro atoms. The SMILES string of the molecule is N=C(N)C(F)(F)C1CCNC1. The average Bonchev–Trinajstić information content (AvgIpc) is 2.37. The van der Waals surface area contributed by atoms with Crippen LogP contribution in [0.25, 0.3) is 0 Å². The molecule has 0 aromatic heterocycles. The molecule has 1 unspecified atom stereocenters. The van der Waals surface area contributed by atoms with E-state index in [9.17, 15) is 8.78 Å². The third kappa shape index (κ3) is 1.48. The molecule has 0 aliphatic carbocycles. The summed E-state index contributed by atoms with van der Waals surface area (Å²) in [7, 11) is 0. The lowest BCUT2D eigenvalue weighted by molar-refractivity contribution is 0.0187. The van der Waals surface area contributed by atoms with Crippen molar-refractivity contribution in [3.8, 4) is 0 Å². The van der Waals surface area contributed by atoms with Gasteiger partial charge in [-0.2, -0.15) is 8.78 Å². The second kappa shape index (κ2) is 2.73. The minimum Gasteiger partial charge on any atom is -0.383 e. The van der Waals surface area contributed by atoms with Crippen molar-refractivity contribution < 1.29 is 8.78 Å². The predicted molar refractivity (Wildman–Crippen MR) is 37.8 cm³/mol. The molecule has 1 heterocycles. The zero-order chi connectivity index (χ0) is 8.48. The van der Waals surface area contributed by atoms with Crippen LogP contribution in [0, 0.1) is 11.3 Å². The molecule has 5 heteroatoms. The lowest BCUT2D eigenvalue weighted by Crippen LogP contribution is -2.42. The summed E-state index contributed by atoms with van der Waals surface area (Å²) in [5, 5.41) is 9.46. The van der Waals surface area contributed by atoms with E-state index in [2.05, 4.69) is 5.32 Å². The summed E-state index contributed by atoms with van der Waals surface area (Å²) < 4.78 is 25.7. The van der Waals surface area contributed by atoms with Crippen molar-refractivity contribution in [3.05, 3.63) is 0 Å². The monoisotopic (exact) mass is 163 g/mol. The first-order chi connectivity index (χ1) is 5.05. The molecule has 0 amide bonds. The van der Waals surface area contributed by atoms with Crippen molar-refractivity contribution in [1.29, 1.82) is 5.41 Å². The molecule has 11 heavy (non-hydrogen) atoms. The van der Waals surface area contributed by atoms with Gasteiger partial charge in [0, 0.05) is 12.5 Å². The van der Waals surface area contributed by atoms with Crippen LogP contribution in [0.15, 0.2) is 0 Å². The number of hydrogen-bond acceptors (Lipinski definition) is 2. The van der Waals surface area contributed by atoms with Crippen molar-refractivity contribution in [1.82, 2.24) is 5.32 Å². The average molecular weight is 163 g/mol. The molecule has 0 aromatic rings. The van der Waals surface area contributed by atoms with Gasteiger partial charge in [-0.3, -0.25) is 5.41 Å². The standard InChI is InChI=1S/C6H11F2N3/c7-6(8,5(9)10)4-1-2-11-3-4/h4,11H,1-3H2,(H3,9,10). The summed E-state index contributed by atoms with van der Waals surface area (Å²) >= 11 is 0. The molecule has 1 aliphatic rings. The van der Waals surface area contributed by atoms with Crippen molar-refractivity contribution >= 4 is 5.84 Å². The molecular formula is C6H11F2N3. The van der Waals surface area contributed by atoms with Crippen LogP contribution in [-0.4, -0.2) is 24.8 Å². The van der Waals surface area contributed by atoms with Crippen LogP contribution in [0.3, 0.4) is 0 Å². The van der Waals surface area contributed by atoms with Gasteiger partial charge >= 0.3 is 5.92 Å². The number of nitrogens with one attached hydrogen (secondary N) is 2. The Kier molecular flexibility index (Phi) is 2.08. The zero-order valence-corrected chi connectivity index (χ0v) is 6.03. The van der Waals surface area contributed by atoms with E-state index in [4.69, 9.17) is 11.1 Å². The number of nitrogens with two attached hydrogens (primary N) is 1. The van der Waals surface area contributed by atoms with Gasteiger partial charge in [0.2, 0.25) is 0 Å². The topological polar surface area (TPSA) is 61.9 Å². The highest BCUT2D eigenvalue weighted by molar-refractivity contribution is 5.84. The molecular weight excluding hydrogens is 152 g/mol. The Hall–Kier alpha value is -0.710. The minimum atomic E-state index is -3.12. The van der Waals surface area contributed by atoms with E-state index >= 15 is 0 Å². The molecule has 1 saturated heterocycles. The third-order valence-corrected chi connectivity index (χ3v) is 1.93. The van der Waals surface area contributed by atoms with E-state index < -0.39 is 17.7 Å². The molecule has 0 saturated carbocycles. The van der Waals surface area contributed by atoms with Gasteiger partial charge in [0.05, 0.1) is 0 Å². The molecule has 0 aromatic carbocycles. The Balaban J connectivity index is 2.62. The number of hydrogen-bond donors (Lipinski definition) is 3. The third-order valence-electron chi connectivity index (χ3n) is 1.93. The quantitative estimate of drug-likeness (QED) is 0.401. The van der Waals surface area contributed by atoms with Gasteiger partial charge in [-0.15, -0.1) is 0 Å². The maximum absolute atomic E-state index is 12.9. The summed E-state index contributed by atoms with van der Waals surface area (Å²) in [6.45, 7) is 0.847. The van der Waals surface area contributed by atoms with E-state index in [0.717, 1.165) is 0 Å². The van der Waals surface area contributed by atoms with Crippen molar-refractivity contribution in [2.45, 2.75) is 12.3 Å². The van der Waals surface area contributed by atoms with Crippen LogP contribution in [0.2, 0.25) is 0 Å². The van der Waals surface area contributed by atoms with E-state index in [-0.39, 0.29) is 6.54 Å². The van der Waals surface area contributed by atoms with Crippen molar-refractivity contribution in [2.75, 3.05) is 13.1 Å². The molecule has 3 nitrogen and oxygen atoms in total. The van der Waals surface area contributed by atoms with Crippen molar-refractivity contribution in [3.63, 3.8) is 0 Å². The molecule has 1 atom stereocenters. The zero-order valence-electron chi connectivity index (χ0n) is 6.03. The number of halogens is 2. The normalized spacial score (nSPS) is 25.5. The maximum atomic E-state index is 12.9. The summed E-state index contributed by atoms with van der Waals surface area (Å²) in [5.41, 5.74) is 4.76. The van der Waals surface area contributed by atoms with Crippen LogP contribution in [0.4, 0.5) is 8.78 Å². The van der Waals surface area contributed by atoms with Gasteiger partial charge in [0.1, 0.15) is 0 Å². The Morgan fingerprint density at radius 1 is 1.64 bits per heavy atom. The maximum Gasteiger partial charge on any atom is 0.307 e. The Morgan fingerprint density at radius 2 is 2.27 bits per heavy atom. The molecule has 0 bridgehead atoms. The fraction of sp³-hybridized carbons (Fsp3) is 0.833. The summed E-state index contributed by atoms with van der Waals surface area (Å²) in [5.74, 6) is -4.94. The van der Waals surface area contributed by atoms with Crippen molar-refractivity contribution in [2.24, 2.45) is 11.7 Å². The van der Waals surface area contributed by atoms with Crippen LogP contribution in [-0.2, 0) is 0 Å². The van der Waals surface area contributed by atoms with Crippen LogP contribution >= 0.6 is 0 Å². The Morgan fingerprint density at radius 3 is 2.64 bits per heavy atom. The van der Waals surface area contributed by atoms with Gasteiger partial charge in [0.25, 0.3) is 0 Å². The smallest absolute Gasteiger partial charge is 0.307 e. The van der Waals surface area contributed by atoms with E-state index in [0.29, 0.717) is 13.0 Å². The van der Waals surface area contributed by atoms with Gasteiger partial charge in [0.15, 0.2) is 5.84 Å². The molecule has 1 aliphatic heterocycles. The van der Waals surface area contributed by atoms with Gasteiger partial charge in [-0.05, 0) is 13.0 Å². The number of amidine groups is 1. The lowest BCUT2D eigenvalue weighted by atomic mass is 10.00. The fourth-order valence-electron chi connectivity index (χ4n) is 1.18. The van der Waals surface area contributed by atoms with E-state index in [1.807, 2.05) is 0 Å². The fourth-order valence-corrected chi connectivity index (χ4v) is 1.18. The predicted octanol–water partition coefficient (Wildman–Crippen LogP) is 0.167. The van der Waals surface area contributed by atoms with Gasteiger partial charge in [-0.1, -0.05) is 0 Å². The molecule has 64 valence electrons. The largest absolute Gasteiger partial charge is 0.383 e. The second-order valence-electron chi connectivity index (χ2n) is 2.73. The van der Waals surface area contributed by atoms with Gasteiger partial charge < -0.3 is 11.1 Å². The summed E-state index contributed by atoms with van der Waals surface area (Å²) in [4.78, 5) is 0. The molecule has 1 fully saturated rings. The van der Waals surface area contributed by atoms with Crippen LogP contribution < -0.4 is 11.1 Å². The second-order valence-corrected chi connectivity index (χ2v) is 2.73. The highest BCUT2D eigenvalue weighted by Crippen LogP contribution is 2.28. The highest BCUT2D eigenvalue weighted by atomic mass is 19.3. The highest BCUT2D eigenvalue weighted by Gasteiger charge is 2.43. The van der Waals surface area contributed by atoms with Gasteiger partial charge in [-0.25, -0.2) is 0 Å². The first-order valence-corrected chi connectivity index (χ1v) is 3.48. The summed E-state index contributed by atoms with van der Waals surface area (Å²) in [6, 6.07) is 0. The lowest BCUT2D eigenvalue weighted by Gasteiger charge is -2.20.